The molecule has 0 aromatic rings. The monoisotopic (exact) mass is 235 g/mol. The predicted octanol–water partition coefficient (Wildman–Crippen LogP) is 1.22. The molecule has 1 heterocycles. The number of fused-ring (bicyclic) bond motifs is 1. The van der Waals surface area contributed by atoms with Gasteiger partial charge >= 0.3 is 0 Å². The fourth-order valence-electron chi connectivity index (χ4n) is 2.32. The minimum absolute atomic E-state index is 0.274. The molecule has 17 heavy (non-hydrogen) atoms. The Morgan fingerprint density at radius 1 is 1.24 bits per heavy atom. The lowest BCUT2D eigenvalue weighted by molar-refractivity contribution is -0.150. The predicted molar refractivity (Wildman–Crippen MR) is 62.6 cm³/mol. The normalized spacial score (nSPS) is 28.7. The van der Waals surface area contributed by atoms with Crippen LogP contribution in [-0.4, -0.2) is 28.0 Å². The lowest BCUT2D eigenvalue weighted by atomic mass is 9.91. The van der Waals surface area contributed by atoms with Gasteiger partial charge in [0.2, 0.25) is 11.8 Å². The quantitative estimate of drug-likeness (QED) is 0.745. The smallest absolute Gasteiger partial charge is 0.239 e. The van der Waals surface area contributed by atoms with Gasteiger partial charge in [-0.1, -0.05) is 37.6 Å². The van der Waals surface area contributed by atoms with E-state index in [1.165, 1.54) is 0 Å². The van der Waals surface area contributed by atoms with Crippen molar-refractivity contribution in [2.45, 2.75) is 32.4 Å². The van der Waals surface area contributed by atoms with Crippen LogP contribution in [0.4, 0.5) is 0 Å². The summed E-state index contributed by atoms with van der Waals surface area (Å²) in [6.45, 7) is 2.01. The number of likely N-dealkylation sites (tertiary alicyclic amines) is 1. The molecule has 1 aliphatic heterocycles. The van der Waals surface area contributed by atoms with Gasteiger partial charge in [-0.15, -0.1) is 0 Å². The highest BCUT2D eigenvalue weighted by atomic mass is 16.3. The van der Waals surface area contributed by atoms with Gasteiger partial charge in [-0.05, 0) is 12.8 Å². The maximum absolute atomic E-state index is 12.0. The molecule has 2 aliphatic rings. The maximum Gasteiger partial charge on any atom is 0.239 e. The molecular weight excluding hydrogens is 218 g/mol. The number of aliphatic hydroxyl groups is 1. The lowest BCUT2D eigenvalue weighted by Gasteiger charge is -2.21. The Morgan fingerprint density at radius 2 is 1.76 bits per heavy atom. The first kappa shape index (κ1) is 12.0. The second-order valence-corrected chi connectivity index (χ2v) is 4.49. The van der Waals surface area contributed by atoms with E-state index >= 15 is 0 Å². The summed E-state index contributed by atoms with van der Waals surface area (Å²) in [5, 5.41) is 9.90. The van der Waals surface area contributed by atoms with Crippen molar-refractivity contribution in [2.24, 2.45) is 11.8 Å². The van der Waals surface area contributed by atoms with E-state index in [9.17, 15) is 14.7 Å². The van der Waals surface area contributed by atoms with Gasteiger partial charge < -0.3 is 5.11 Å². The topological polar surface area (TPSA) is 57.6 Å². The van der Waals surface area contributed by atoms with Crippen molar-refractivity contribution < 1.29 is 14.7 Å². The Hall–Kier alpha value is -1.42. The minimum atomic E-state index is -0.970. The van der Waals surface area contributed by atoms with Gasteiger partial charge in [-0.2, -0.15) is 0 Å². The molecule has 1 aliphatic carbocycles. The molecule has 1 fully saturated rings. The van der Waals surface area contributed by atoms with Crippen LogP contribution in [0.1, 0.15) is 26.2 Å². The van der Waals surface area contributed by atoms with E-state index < -0.39 is 18.1 Å². The molecule has 1 saturated heterocycles. The summed E-state index contributed by atoms with van der Waals surface area (Å²) in [5.74, 6) is -1.37. The Morgan fingerprint density at radius 3 is 2.24 bits per heavy atom. The van der Waals surface area contributed by atoms with Gasteiger partial charge in [-0.25, -0.2) is 0 Å². The molecule has 0 saturated carbocycles. The van der Waals surface area contributed by atoms with Crippen LogP contribution < -0.4 is 0 Å². The fourth-order valence-corrected chi connectivity index (χ4v) is 2.32. The van der Waals surface area contributed by atoms with Crippen LogP contribution in [-0.2, 0) is 9.59 Å². The molecule has 0 aromatic heterocycles. The summed E-state index contributed by atoms with van der Waals surface area (Å²) >= 11 is 0. The minimum Gasteiger partial charge on any atom is -0.373 e. The fraction of sp³-hybridized carbons (Fsp3) is 0.538. The zero-order chi connectivity index (χ0) is 12.4. The number of rotatable bonds is 4. The second-order valence-electron chi connectivity index (χ2n) is 4.49. The van der Waals surface area contributed by atoms with Crippen molar-refractivity contribution in [1.82, 2.24) is 4.90 Å². The van der Waals surface area contributed by atoms with E-state index in [-0.39, 0.29) is 11.8 Å². The van der Waals surface area contributed by atoms with Crippen LogP contribution in [0, 0.1) is 11.8 Å². The highest BCUT2D eigenvalue weighted by Gasteiger charge is 2.47. The van der Waals surface area contributed by atoms with Gasteiger partial charge in [0.1, 0.15) is 6.23 Å². The Balaban J connectivity index is 2.14. The molecule has 4 heteroatoms. The third-order valence-electron chi connectivity index (χ3n) is 3.29. The van der Waals surface area contributed by atoms with Gasteiger partial charge in [0.15, 0.2) is 0 Å². The van der Waals surface area contributed by atoms with Crippen LogP contribution in [0.3, 0.4) is 0 Å². The van der Waals surface area contributed by atoms with Crippen LogP contribution in [0.15, 0.2) is 24.3 Å². The molecule has 1 N–H and O–H groups in total. The Bertz CT molecular complexity index is 356. The first-order valence-electron chi connectivity index (χ1n) is 6.06. The van der Waals surface area contributed by atoms with Crippen molar-refractivity contribution in [3.63, 3.8) is 0 Å². The summed E-state index contributed by atoms with van der Waals surface area (Å²) in [6, 6.07) is 0. The summed E-state index contributed by atoms with van der Waals surface area (Å²) in [6.07, 6.45) is 8.24. The number of carbonyl (C=O) groups is 2. The largest absolute Gasteiger partial charge is 0.373 e. The number of aliphatic hydroxyl groups excluding tert-OH is 1. The van der Waals surface area contributed by atoms with E-state index in [1.807, 2.05) is 6.92 Å². The van der Waals surface area contributed by atoms with Crippen LogP contribution in [0.25, 0.3) is 0 Å². The van der Waals surface area contributed by atoms with Crippen LogP contribution >= 0.6 is 0 Å². The Kier molecular flexibility index (Phi) is 3.43. The zero-order valence-corrected chi connectivity index (χ0v) is 9.87. The number of unbranched alkanes of at least 4 members (excludes halogenated alkanes) is 1. The van der Waals surface area contributed by atoms with E-state index in [2.05, 4.69) is 0 Å². The summed E-state index contributed by atoms with van der Waals surface area (Å²) in [7, 11) is 0. The molecule has 0 radical (unpaired) electrons. The molecule has 2 rings (SSSR count). The second kappa shape index (κ2) is 4.84. The summed E-state index contributed by atoms with van der Waals surface area (Å²) in [4.78, 5) is 25.1. The van der Waals surface area contributed by atoms with Gasteiger partial charge in [0, 0.05) is 0 Å². The first-order chi connectivity index (χ1) is 8.16. The van der Waals surface area contributed by atoms with Crippen molar-refractivity contribution in [3.05, 3.63) is 24.3 Å². The maximum atomic E-state index is 12.0. The highest BCUT2D eigenvalue weighted by molar-refractivity contribution is 6.07. The van der Waals surface area contributed by atoms with Crippen LogP contribution in [0.5, 0.6) is 0 Å². The van der Waals surface area contributed by atoms with Gasteiger partial charge in [-0.3, -0.25) is 14.5 Å². The third-order valence-corrected chi connectivity index (χ3v) is 3.29. The molecule has 0 aromatic carbocycles. The summed E-state index contributed by atoms with van der Waals surface area (Å²) < 4.78 is 0. The molecule has 3 atom stereocenters. The van der Waals surface area contributed by atoms with E-state index in [0.29, 0.717) is 6.42 Å². The average Bonchev–Trinajstić information content (AvgIpc) is 2.60. The van der Waals surface area contributed by atoms with Gasteiger partial charge in [0.25, 0.3) is 0 Å². The van der Waals surface area contributed by atoms with Crippen LogP contribution in [0.2, 0.25) is 0 Å². The standard InChI is InChI=1S/C13H17NO3/c1-2-3-8-11(15)14-12(16)9-6-4-5-7-10(9)13(14)17/h4-7,9-11,15H,2-3,8H2,1H3. The molecular formula is C13H17NO3. The molecule has 3 unspecified atom stereocenters. The zero-order valence-electron chi connectivity index (χ0n) is 9.87. The molecule has 0 spiro atoms. The van der Waals surface area contributed by atoms with E-state index in [0.717, 1.165) is 17.7 Å². The Labute approximate surface area is 101 Å². The first-order valence-corrected chi connectivity index (χ1v) is 6.06. The molecule has 0 bridgehead atoms. The van der Waals surface area contributed by atoms with Crippen molar-refractivity contribution >= 4 is 11.8 Å². The number of hydrogen-bond acceptors (Lipinski definition) is 3. The number of amides is 2. The van der Waals surface area contributed by atoms with Crippen molar-refractivity contribution in [1.29, 1.82) is 0 Å². The van der Waals surface area contributed by atoms with E-state index in [4.69, 9.17) is 0 Å². The lowest BCUT2D eigenvalue weighted by Crippen LogP contribution is -2.40. The number of allylic oxidation sites excluding steroid dienone is 2. The van der Waals surface area contributed by atoms with Crippen molar-refractivity contribution in [2.75, 3.05) is 0 Å². The van der Waals surface area contributed by atoms with E-state index in [1.54, 1.807) is 24.3 Å². The highest BCUT2D eigenvalue weighted by Crippen LogP contribution is 2.32. The number of carbonyl (C=O) groups excluding carboxylic acids is 2. The number of imide groups is 1. The number of nitrogens with zero attached hydrogens (tertiary/aromatic N) is 1. The third kappa shape index (κ3) is 2.05. The van der Waals surface area contributed by atoms with Gasteiger partial charge in [0.05, 0.1) is 11.8 Å². The summed E-state index contributed by atoms with van der Waals surface area (Å²) in [5.41, 5.74) is 0. The van der Waals surface area contributed by atoms with Crippen molar-refractivity contribution in [3.8, 4) is 0 Å². The average molecular weight is 235 g/mol. The molecule has 2 amide bonds. The SMILES string of the molecule is CCCCC(O)N1C(=O)C2C=CC=CC2C1=O. The molecule has 92 valence electrons. The number of hydrogen-bond donors (Lipinski definition) is 1. The molecule has 4 nitrogen and oxygen atoms in total.